The van der Waals surface area contributed by atoms with Gasteiger partial charge < -0.3 is 15.3 Å². The molecule has 2 N–H and O–H groups in total. The van der Waals surface area contributed by atoms with Gasteiger partial charge in [0.25, 0.3) is 0 Å². The van der Waals surface area contributed by atoms with Crippen LogP contribution in [0.1, 0.15) is 26.3 Å². The lowest BCUT2D eigenvalue weighted by atomic mass is 10.1. The third-order valence-corrected chi connectivity index (χ3v) is 2.70. The van der Waals surface area contributed by atoms with Crippen LogP contribution in [0.4, 0.5) is 5.82 Å². The lowest BCUT2D eigenvalue weighted by Crippen LogP contribution is -2.36. The molecule has 1 rings (SSSR count). The van der Waals surface area contributed by atoms with Crippen molar-refractivity contribution in [2.75, 3.05) is 24.6 Å². The van der Waals surface area contributed by atoms with Crippen LogP contribution in [0, 0.1) is 0 Å². The van der Waals surface area contributed by atoms with Crippen molar-refractivity contribution >= 4 is 5.82 Å². The van der Waals surface area contributed by atoms with Gasteiger partial charge in [0.05, 0.1) is 6.61 Å². The van der Waals surface area contributed by atoms with Crippen molar-refractivity contribution in [1.29, 1.82) is 0 Å². The van der Waals surface area contributed by atoms with E-state index >= 15 is 0 Å². The Labute approximate surface area is 116 Å². The van der Waals surface area contributed by atoms with Crippen LogP contribution in [0.15, 0.2) is 31.0 Å². The number of nitrogens with one attached hydrogen (secondary N) is 1. The van der Waals surface area contributed by atoms with Crippen molar-refractivity contribution in [2.45, 2.75) is 32.9 Å². The lowest BCUT2D eigenvalue weighted by Gasteiger charge is -2.26. The number of aliphatic hydroxyl groups excluding tert-OH is 1. The Morgan fingerprint density at radius 2 is 2.21 bits per heavy atom. The van der Waals surface area contributed by atoms with E-state index in [0.29, 0.717) is 13.1 Å². The second-order valence-corrected chi connectivity index (χ2v) is 5.55. The van der Waals surface area contributed by atoms with E-state index in [-0.39, 0.29) is 12.1 Å². The highest BCUT2D eigenvalue weighted by Gasteiger charge is 2.14. The maximum absolute atomic E-state index is 9.16. The van der Waals surface area contributed by atoms with Gasteiger partial charge in [0.2, 0.25) is 0 Å². The van der Waals surface area contributed by atoms with Crippen molar-refractivity contribution in [1.82, 2.24) is 10.3 Å². The van der Waals surface area contributed by atoms with Crippen molar-refractivity contribution in [3.63, 3.8) is 0 Å². The van der Waals surface area contributed by atoms with Crippen molar-refractivity contribution < 1.29 is 5.11 Å². The standard InChI is InChI=1S/C15H25N3O/c1-5-9-18(10-11-19)14-13(7-6-8-16-14)12-17-15(2,3)4/h5-8,17,19H,1,9-12H2,2-4H3. The van der Waals surface area contributed by atoms with E-state index in [1.54, 1.807) is 6.20 Å². The van der Waals surface area contributed by atoms with E-state index in [1.165, 1.54) is 0 Å². The molecule has 0 aliphatic rings. The van der Waals surface area contributed by atoms with Gasteiger partial charge in [0, 0.05) is 36.9 Å². The third-order valence-electron chi connectivity index (χ3n) is 2.70. The fraction of sp³-hybridized carbons (Fsp3) is 0.533. The molecule has 1 aromatic heterocycles. The zero-order valence-corrected chi connectivity index (χ0v) is 12.2. The second-order valence-electron chi connectivity index (χ2n) is 5.55. The molecule has 1 heterocycles. The smallest absolute Gasteiger partial charge is 0.133 e. The predicted octanol–water partition coefficient (Wildman–Crippen LogP) is 1.95. The highest BCUT2D eigenvalue weighted by Crippen LogP contribution is 2.17. The predicted molar refractivity (Wildman–Crippen MR) is 80.3 cm³/mol. The van der Waals surface area contributed by atoms with Gasteiger partial charge in [-0.25, -0.2) is 4.98 Å². The molecule has 0 aromatic carbocycles. The van der Waals surface area contributed by atoms with Crippen LogP contribution >= 0.6 is 0 Å². The molecule has 106 valence electrons. The summed E-state index contributed by atoms with van der Waals surface area (Å²) in [7, 11) is 0. The number of rotatable bonds is 7. The minimum absolute atomic E-state index is 0.0629. The molecular formula is C15H25N3O. The normalized spacial score (nSPS) is 11.4. The maximum Gasteiger partial charge on any atom is 0.133 e. The van der Waals surface area contributed by atoms with Gasteiger partial charge in [-0.05, 0) is 26.8 Å². The first-order valence-electron chi connectivity index (χ1n) is 6.63. The SMILES string of the molecule is C=CCN(CCO)c1ncccc1CNC(C)(C)C. The summed E-state index contributed by atoms with van der Waals surface area (Å²) in [6.45, 7) is 12.3. The Bertz CT molecular complexity index is 399. The zero-order valence-electron chi connectivity index (χ0n) is 12.2. The first-order valence-corrected chi connectivity index (χ1v) is 6.63. The van der Waals surface area contributed by atoms with Crippen LogP contribution in [-0.4, -0.2) is 35.3 Å². The summed E-state index contributed by atoms with van der Waals surface area (Å²) >= 11 is 0. The van der Waals surface area contributed by atoms with Crippen LogP contribution in [-0.2, 0) is 6.54 Å². The second kappa shape index (κ2) is 7.26. The summed E-state index contributed by atoms with van der Waals surface area (Å²) in [6.07, 6.45) is 3.61. The van der Waals surface area contributed by atoms with Gasteiger partial charge in [-0.3, -0.25) is 0 Å². The third kappa shape index (κ3) is 5.41. The molecule has 19 heavy (non-hydrogen) atoms. The van der Waals surface area contributed by atoms with E-state index in [0.717, 1.165) is 17.9 Å². The molecule has 0 radical (unpaired) electrons. The van der Waals surface area contributed by atoms with Crippen LogP contribution in [0.5, 0.6) is 0 Å². The molecule has 0 unspecified atom stereocenters. The Morgan fingerprint density at radius 3 is 2.79 bits per heavy atom. The van der Waals surface area contributed by atoms with Crippen LogP contribution in [0.2, 0.25) is 0 Å². The zero-order chi connectivity index (χ0) is 14.3. The highest BCUT2D eigenvalue weighted by atomic mass is 16.3. The van der Waals surface area contributed by atoms with Gasteiger partial charge in [0.1, 0.15) is 5.82 Å². The molecule has 0 amide bonds. The quantitative estimate of drug-likeness (QED) is 0.738. The fourth-order valence-corrected chi connectivity index (χ4v) is 1.77. The molecule has 0 saturated carbocycles. The molecule has 0 atom stereocenters. The number of aliphatic hydroxyl groups is 1. The van der Waals surface area contributed by atoms with Gasteiger partial charge in [-0.15, -0.1) is 6.58 Å². The average molecular weight is 263 g/mol. The molecule has 0 aliphatic carbocycles. The van der Waals surface area contributed by atoms with Crippen molar-refractivity contribution in [2.24, 2.45) is 0 Å². The van der Waals surface area contributed by atoms with E-state index in [4.69, 9.17) is 5.11 Å². The summed E-state index contributed by atoms with van der Waals surface area (Å²) in [5.41, 5.74) is 1.20. The van der Waals surface area contributed by atoms with E-state index in [1.807, 2.05) is 17.0 Å². The largest absolute Gasteiger partial charge is 0.395 e. The van der Waals surface area contributed by atoms with Gasteiger partial charge in [0.15, 0.2) is 0 Å². The van der Waals surface area contributed by atoms with E-state index in [2.05, 4.69) is 43.7 Å². The van der Waals surface area contributed by atoms with Crippen LogP contribution < -0.4 is 10.2 Å². The molecule has 1 aromatic rings. The van der Waals surface area contributed by atoms with Gasteiger partial charge >= 0.3 is 0 Å². The van der Waals surface area contributed by atoms with E-state index < -0.39 is 0 Å². The summed E-state index contributed by atoms with van der Waals surface area (Å²) in [5, 5.41) is 12.6. The Kier molecular flexibility index (Phi) is 5.99. The summed E-state index contributed by atoms with van der Waals surface area (Å²) in [6, 6.07) is 4.00. The number of nitrogens with zero attached hydrogens (tertiary/aromatic N) is 2. The lowest BCUT2D eigenvalue weighted by molar-refractivity contribution is 0.302. The fourth-order valence-electron chi connectivity index (χ4n) is 1.77. The first kappa shape index (κ1) is 15.7. The summed E-state index contributed by atoms with van der Waals surface area (Å²) in [5.74, 6) is 0.910. The van der Waals surface area contributed by atoms with Gasteiger partial charge in [-0.2, -0.15) is 0 Å². The molecule has 0 spiro atoms. The topological polar surface area (TPSA) is 48.4 Å². The number of hydrogen-bond acceptors (Lipinski definition) is 4. The summed E-state index contributed by atoms with van der Waals surface area (Å²) in [4.78, 5) is 6.48. The maximum atomic E-state index is 9.16. The minimum Gasteiger partial charge on any atom is -0.395 e. The van der Waals surface area contributed by atoms with Gasteiger partial charge in [-0.1, -0.05) is 12.1 Å². The van der Waals surface area contributed by atoms with Crippen molar-refractivity contribution in [3.05, 3.63) is 36.5 Å². The molecular weight excluding hydrogens is 238 g/mol. The summed E-state index contributed by atoms with van der Waals surface area (Å²) < 4.78 is 0. The van der Waals surface area contributed by atoms with E-state index in [9.17, 15) is 0 Å². The number of hydrogen-bond donors (Lipinski definition) is 2. The van der Waals surface area contributed by atoms with Crippen molar-refractivity contribution in [3.8, 4) is 0 Å². The average Bonchev–Trinajstić information content (AvgIpc) is 2.36. The molecule has 4 heteroatoms. The number of anilines is 1. The molecule has 0 aliphatic heterocycles. The molecule has 0 bridgehead atoms. The molecule has 4 nitrogen and oxygen atoms in total. The molecule has 0 saturated heterocycles. The molecule has 0 fully saturated rings. The Hall–Kier alpha value is -1.39. The monoisotopic (exact) mass is 263 g/mol. The number of aromatic nitrogens is 1. The Balaban J connectivity index is 2.89. The minimum atomic E-state index is 0.0629. The van der Waals surface area contributed by atoms with Crippen LogP contribution in [0.25, 0.3) is 0 Å². The van der Waals surface area contributed by atoms with Crippen LogP contribution in [0.3, 0.4) is 0 Å². The highest BCUT2D eigenvalue weighted by molar-refractivity contribution is 5.47. The first-order chi connectivity index (χ1) is 8.98. The number of pyridine rings is 1. The Morgan fingerprint density at radius 1 is 1.47 bits per heavy atom.